The summed E-state index contributed by atoms with van der Waals surface area (Å²) in [6, 6.07) is 0. The summed E-state index contributed by atoms with van der Waals surface area (Å²) in [6.07, 6.45) is 7.05. The highest BCUT2D eigenvalue weighted by Gasteiger charge is 2.48. The zero-order valence-electron chi connectivity index (χ0n) is 9.94. The molecule has 4 fully saturated rings. The lowest BCUT2D eigenvalue weighted by Crippen LogP contribution is -2.49. The molecule has 0 N–H and O–H groups in total. The molecule has 0 spiro atoms. The summed E-state index contributed by atoms with van der Waals surface area (Å²) in [5.41, 5.74) is 0. The molecule has 0 aromatic rings. The number of hydrogen-bond donors (Lipinski definition) is 0. The Labute approximate surface area is 107 Å². The maximum Gasteiger partial charge on any atom is 0.322 e. The highest BCUT2D eigenvalue weighted by atomic mass is 35.5. The summed E-state index contributed by atoms with van der Waals surface area (Å²) in [4.78, 5) is 10.9. The minimum absolute atomic E-state index is 0.0819. The number of halogens is 1. The fourth-order valence-corrected chi connectivity index (χ4v) is 4.44. The lowest BCUT2D eigenvalue weighted by atomic mass is 9.55. The van der Waals surface area contributed by atoms with Crippen molar-refractivity contribution in [3.8, 4) is 0 Å². The smallest absolute Gasteiger partial charge is 0.322 e. The largest absolute Gasteiger partial charge is 0.438 e. The molecule has 4 bridgehead atoms. The van der Waals surface area contributed by atoms with Gasteiger partial charge >= 0.3 is 5.97 Å². The van der Waals surface area contributed by atoms with Gasteiger partial charge in [-0.2, -0.15) is 0 Å². The third-order valence-corrected chi connectivity index (χ3v) is 4.95. The van der Waals surface area contributed by atoms with Crippen LogP contribution in [0.4, 0.5) is 0 Å². The van der Waals surface area contributed by atoms with Crippen molar-refractivity contribution < 1.29 is 14.3 Å². The van der Waals surface area contributed by atoms with Crippen LogP contribution in [0.5, 0.6) is 0 Å². The van der Waals surface area contributed by atoms with E-state index in [2.05, 4.69) is 0 Å². The second-order valence-electron chi connectivity index (χ2n) is 5.83. The van der Waals surface area contributed by atoms with Crippen molar-refractivity contribution in [2.75, 3.05) is 12.7 Å². The maximum absolute atomic E-state index is 10.9. The highest BCUT2D eigenvalue weighted by molar-refractivity contribution is 6.26. The van der Waals surface area contributed by atoms with E-state index in [1.54, 1.807) is 0 Å². The van der Waals surface area contributed by atoms with Gasteiger partial charge in [0.05, 0.1) is 6.10 Å². The van der Waals surface area contributed by atoms with Crippen molar-refractivity contribution >= 4 is 17.6 Å². The van der Waals surface area contributed by atoms with Crippen LogP contribution in [0.15, 0.2) is 0 Å². The fraction of sp³-hybridized carbons (Fsp3) is 0.923. The molecule has 3 nitrogen and oxygen atoms in total. The standard InChI is InChI=1S/C13H19ClO3/c14-6-12(15)16-7-17-13-10-2-8-1-9(4-10)5-11(13)3-8/h8-11,13H,1-7H2. The number of ether oxygens (including phenoxy) is 2. The van der Waals surface area contributed by atoms with Gasteiger partial charge in [0.15, 0.2) is 6.79 Å². The normalized spacial score (nSPS) is 42.8. The molecule has 0 aromatic carbocycles. The topological polar surface area (TPSA) is 35.5 Å². The molecule has 4 saturated carbocycles. The van der Waals surface area contributed by atoms with E-state index in [-0.39, 0.29) is 12.7 Å². The van der Waals surface area contributed by atoms with Gasteiger partial charge in [0.1, 0.15) is 5.88 Å². The molecule has 0 unspecified atom stereocenters. The molecule has 96 valence electrons. The molecular weight excluding hydrogens is 240 g/mol. The first-order valence-corrected chi connectivity index (χ1v) is 7.13. The van der Waals surface area contributed by atoms with Crippen LogP contribution in [0.3, 0.4) is 0 Å². The van der Waals surface area contributed by atoms with E-state index in [1.807, 2.05) is 0 Å². The number of carbonyl (C=O) groups excluding carboxylic acids is 1. The van der Waals surface area contributed by atoms with Crippen LogP contribution < -0.4 is 0 Å². The number of esters is 1. The van der Waals surface area contributed by atoms with Crippen molar-refractivity contribution in [2.24, 2.45) is 23.7 Å². The Morgan fingerprint density at radius 2 is 1.65 bits per heavy atom. The molecule has 17 heavy (non-hydrogen) atoms. The molecule has 0 amide bonds. The van der Waals surface area contributed by atoms with E-state index in [4.69, 9.17) is 21.1 Å². The Balaban J connectivity index is 1.52. The third-order valence-electron chi connectivity index (χ3n) is 4.73. The predicted molar refractivity (Wildman–Crippen MR) is 63.6 cm³/mol. The maximum atomic E-state index is 10.9. The van der Waals surface area contributed by atoms with Crippen LogP contribution in [-0.4, -0.2) is 24.7 Å². The second-order valence-corrected chi connectivity index (χ2v) is 6.10. The SMILES string of the molecule is O=C(CCl)OCOC1C2CC3CC(C2)CC1C3. The molecule has 0 heterocycles. The van der Waals surface area contributed by atoms with E-state index in [0.29, 0.717) is 17.9 Å². The van der Waals surface area contributed by atoms with Gasteiger partial charge < -0.3 is 9.47 Å². The monoisotopic (exact) mass is 258 g/mol. The Hall–Kier alpha value is -0.280. The van der Waals surface area contributed by atoms with Gasteiger partial charge in [0.25, 0.3) is 0 Å². The first kappa shape index (κ1) is 11.8. The minimum Gasteiger partial charge on any atom is -0.438 e. The summed E-state index contributed by atoms with van der Waals surface area (Å²) in [7, 11) is 0. The summed E-state index contributed by atoms with van der Waals surface area (Å²) in [6.45, 7) is 0.0819. The molecule has 4 aliphatic carbocycles. The van der Waals surface area contributed by atoms with Crippen LogP contribution in [0.2, 0.25) is 0 Å². The molecule has 0 aliphatic heterocycles. The van der Waals surface area contributed by atoms with Crippen molar-refractivity contribution in [3.05, 3.63) is 0 Å². The van der Waals surface area contributed by atoms with Crippen molar-refractivity contribution in [3.63, 3.8) is 0 Å². The van der Waals surface area contributed by atoms with Gasteiger partial charge in [-0.15, -0.1) is 11.6 Å². The average Bonchev–Trinajstić information content (AvgIpc) is 2.31. The van der Waals surface area contributed by atoms with Crippen molar-refractivity contribution in [2.45, 2.75) is 38.2 Å². The fourth-order valence-electron chi connectivity index (χ4n) is 4.36. The molecule has 4 rings (SSSR count). The van der Waals surface area contributed by atoms with E-state index in [9.17, 15) is 4.79 Å². The molecule has 4 aliphatic rings. The van der Waals surface area contributed by atoms with Gasteiger partial charge in [-0.1, -0.05) is 0 Å². The van der Waals surface area contributed by atoms with Crippen molar-refractivity contribution in [1.82, 2.24) is 0 Å². The van der Waals surface area contributed by atoms with Gasteiger partial charge in [0, 0.05) is 0 Å². The zero-order valence-corrected chi connectivity index (χ0v) is 10.7. The summed E-state index contributed by atoms with van der Waals surface area (Å²) in [5, 5.41) is 0. The summed E-state index contributed by atoms with van der Waals surface area (Å²) < 4.78 is 10.7. The Bertz CT molecular complexity index is 277. The van der Waals surface area contributed by atoms with Crippen LogP contribution in [0.1, 0.15) is 32.1 Å². The second kappa shape index (κ2) is 4.77. The number of hydrogen-bond acceptors (Lipinski definition) is 3. The average molecular weight is 259 g/mol. The van der Waals surface area contributed by atoms with E-state index >= 15 is 0 Å². The van der Waals surface area contributed by atoms with Crippen molar-refractivity contribution in [1.29, 1.82) is 0 Å². The van der Waals surface area contributed by atoms with E-state index in [1.165, 1.54) is 32.1 Å². The molecular formula is C13H19ClO3. The molecule has 4 heteroatoms. The molecule has 0 atom stereocenters. The Kier molecular flexibility index (Phi) is 3.31. The van der Waals surface area contributed by atoms with Crippen LogP contribution in [0, 0.1) is 23.7 Å². The summed E-state index contributed by atoms with van der Waals surface area (Å²) >= 11 is 5.36. The van der Waals surface area contributed by atoms with Crippen LogP contribution >= 0.6 is 11.6 Å². The molecule has 0 radical (unpaired) electrons. The predicted octanol–water partition coefficient (Wildman–Crippen LogP) is 2.57. The molecule has 0 saturated heterocycles. The zero-order chi connectivity index (χ0) is 11.8. The van der Waals surface area contributed by atoms with E-state index < -0.39 is 5.97 Å². The lowest BCUT2D eigenvalue weighted by Gasteiger charge is -2.53. The minimum atomic E-state index is -0.393. The van der Waals surface area contributed by atoms with Crippen LogP contribution in [0.25, 0.3) is 0 Å². The first-order valence-electron chi connectivity index (χ1n) is 6.59. The van der Waals surface area contributed by atoms with Crippen LogP contribution in [-0.2, 0) is 14.3 Å². The number of carbonyl (C=O) groups is 1. The van der Waals surface area contributed by atoms with Gasteiger partial charge in [-0.25, -0.2) is 0 Å². The lowest BCUT2D eigenvalue weighted by molar-refractivity contribution is -0.184. The quantitative estimate of drug-likeness (QED) is 0.442. The number of alkyl halides is 1. The van der Waals surface area contributed by atoms with Gasteiger partial charge in [0.2, 0.25) is 0 Å². The Morgan fingerprint density at radius 1 is 1.06 bits per heavy atom. The Morgan fingerprint density at radius 3 is 2.18 bits per heavy atom. The first-order chi connectivity index (χ1) is 8.26. The van der Waals surface area contributed by atoms with Gasteiger partial charge in [-0.05, 0) is 55.8 Å². The summed E-state index contributed by atoms with van der Waals surface area (Å²) in [5.74, 6) is 2.83. The number of rotatable bonds is 4. The van der Waals surface area contributed by atoms with Gasteiger partial charge in [-0.3, -0.25) is 4.79 Å². The third kappa shape index (κ3) is 2.32. The highest BCUT2D eigenvalue weighted by Crippen LogP contribution is 2.54. The molecule has 0 aromatic heterocycles. The van der Waals surface area contributed by atoms with E-state index in [0.717, 1.165) is 11.8 Å².